The van der Waals surface area contributed by atoms with E-state index < -0.39 is 7.75 Å². The van der Waals surface area contributed by atoms with Crippen LogP contribution in [0.2, 0.25) is 0 Å². The van der Waals surface area contributed by atoms with Gasteiger partial charge in [-0.15, -0.1) is 0 Å². The summed E-state index contributed by atoms with van der Waals surface area (Å²) in [5.74, 6) is 0. The van der Waals surface area contributed by atoms with Crippen molar-refractivity contribution in [2.75, 3.05) is 19.7 Å². The van der Waals surface area contributed by atoms with Crippen LogP contribution in [0.4, 0.5) is 0 Å². The molecule has 0 fully saturated rings. The van der Waals surface area contributed by atoms with Gasteiger partial charge in [-0.1, -0.05) is 65.7 Å². The molecule has 0 amide bonds. The van der Waals surface area contributed by atoms with Gasteiger partial charge < -0.3 is 4.89 Å². The summed E-state index contributed by atoms with van der Waals surface area (Å²) in [4.78, 5) is 10.1. The molecule has 1 N–H and O–H groups in total. The highest BCUT2D eigenvalue weighted by Gasteiger charge is 2.28. The van der Waals surface area contributed by atoms with Gasteiger partial charge in [0.1, 0.15) is 0 Å². The molecule has 0 bridgehead atoms. The molecule has 0 aromatic heterocycles. The van der Waals surface area contributed by atoms with Crippen LogP contribution in [0.15, 0.2) is 0 Å². The van der Waals surface area contributed by atoms with Gasteiger partial charge in [0.25, 0.3) is 0 Å². The van der Waals surface area contributed by atoms with E-state index in [-0.39, 0.29) is 0 Å². The van der Waals surface area contributed by atoms with Gasteiger partial charge in [0.05, 0.1) is 6.61 Å². The van der Waals surface area contributed by atoms with Crippen LogP contribution in [0.3, 0.4) is 0 Å². The van der Waals surface area contributed by atoms with Crippen molar-refractivity contribution in [3.63, 3.8) is 0 Å². The van der Waals surface area contributed by atoms with E-state index in [1.807, 2.05) is 0 Å². The Morgan fingerprint density at radius 2 is 1.29 bits per heavy atom. The summed E-state index contributed by atoms with van der Waals surface area (Å²) in [5.41, 5.74) is 0. The number of rotatable bonds is 15. The third kappa shape index (κ3) is 11.3. The average molecular weight is 321 g/mol. The third-order valence-corrected chi connectivity index (χ3v) is 5.29. The average Bonchev–Trinajstić information content (AvgIpc) is 2.46. The SMILES string of the molecule is CCCCCCCCOP(=O)(O)N(CCCC)CCCC. The van der Waals surface area contributed by atoms with Gasteiger partial charge in [-0.25, -0.2) is 9.24 Å². The van der Waals surface area contributed by atoms with Crippen molar-refractivity contribution in [2.45, 2.75) is 85.0 Å². The predicted molar refractivity (Wildman–Crippen MR) is 90.5 cm³/mol. The van der Waals surface area contributed by atoms with Gasteiger partial charge >= 0.3 is 7.75 Å². The molecule has 0 aromatic carbocycles. The molecule has 4 nitrogen and oxygen atoms in total. The normalized spacial score (nSPS) is 14.5. The molecule has 0 aliphatic rings. The molecule has 0 saturated carbocycles. The molecular weight excluding hydrogens is 285 g/mol. The molecule has 128 valence electrons. The smallest absolute Gasteiger partial charge is 0.312 e. The molecule has 0 aliphatic carbocycles. The van der Waals surface area contributed by atoms with E-state index in [1.54, 1.807) is 4.67 Å². The highest BCUT2D eigenvalue weighted by atomic mass is 31.2. The van der Waals surface area contributed by atoms with Crippen LogP contribution in [0.5, 0.6) is 0 Å². The van der Waals surface area contributed by atoms with Crippen LogP contribution >= 0.6 is 7.75 Å². The number of hydrogen-bond acceptors (Lipinski definition) is 2. The Kier molecular flexibility index (Phi) is 13.8. The van der Waals surface area contributed by atoms with E-state index >= 15 is 0 Å². The van der Waals surface area contributed by atoms with Crippen molar-refractivity contribution in [3.8, 4) is 0 Å². The van der Waals surface area contributed by atoms with Gasteiger partial charge in [0, 0.05) is 13.1 Å². The zero-order chi connectivity index (χ0) is 16.0. The summed E-state index contributed by atoms with van der Waals surface area (Å²) in [7, 11) is -3.59. The van der Waals surface area contributed by atoms with Crippen LogP contribution in [0.1, 0.15) is 85.0 Å². The van der Waals surface area contributed by atoms with Crippen molar-refractivity contribution in [3.05, 3.63) is 0 Å². The van der Waals surface area contributed by atoms with E-state index in [1.165, 1.54) is 25.7 Å². The summed E-state index contributed by atoms with van der Waals surface area (Å²) >= 11 is 0. The van der Waals surface area contributed by atoms with Crippen molar-refractivity contribution >= 4 is 7.75 Å². The predicted octanol–water partition coefficient (Wildman–Crippen LogP) is 5.37. The highest BCUT2D eigenvalue weighted by Crippen LogP contribution is 2.46. The summed E-state index contributed by atoms with van der Waals surface area (Å²) in [5, 5.41) is 0. The second-order valence-corrected chi connectivity index (χ2v) is 7.56. The first-order valence-electron chi connectivity index (χ1n) is 8.81. The Balaban J connectivity index is 3.99. The lowest BCUT2D eigenvalue weighted by Gasteiger charge is -2.26. The second kappa shape index (κ2) is 13.8. The highest BCUT2D eigenvalue weighted by molar-refractivity contribution is 7.50. The van der Waals surface area contributed by atoms with Crippen LogP contribution in [-0.4, -0.2) is 29.3 Å². The first-order chi connectivity index (χ1) is 10.1. The number of unbranched alkanes of at least 4 members (excludes halogenated alkanes) is 7. The van der Waals surface area contributed by atoms with E-state index in [0.29, 0.717) is 19.7 Å². The second-order valence-electron chi connectivity index (χ2n) is 5.75. The molecular formula is C16H36NO3P. The molecule has 0 radical (unpaired) electrons. The van der Waals surface area contributed by atoms with Gasteiger partial charge in [-0.05, 0) is 19.3 Å². The fourth-order valence-corrected chi connectivity index (χ4v) is 3.51. The molecule has 0 rings (SSSR count). The molecule has 0 spiro atoms. The van der Waals surface area contributed by atoms with Crippen molar-refractivity contribution < 1.29 is 14.0 Å². The zero-order valence-electron chi connectivity index (χ0n) is 14.4. The minimum Gasteiger partial charge on any atom is -0.312 e. The van der Waals surface area contributed by atoms with Crippen molar-refractivity contribution in [1.29, 1.82) is 0 Å². The maximum Gasteiger partial charge on any atom is 0.405 e. The van der Waals surface area contributed by atoms with Crippen LogP contribution in [0, 0.1) is 0 Å². The maximum absolute atomic E-state index is 12.3. The number of nitrogens with zero attached hydrogens (tertiary/aromatic N) is 1. The van der Waals surface area contributed by atoms with E-state index in [0.717, 1.165) is 38.5 Å². The summed E-state index contributed by atoms with van der Waals surface area (Å²) < 4.78 is 19.3. The molecule has 0 aromatic rings. The van der Waals surface area contributed by atoms with Crippen molar-refractivity contribution in [2.24, 2.45) is 0 Å². The molecule has 1 atom stereocenters. The van der Waals surface area contributed by atoms with Gasteiger partial charge in [-0.2, -0.15) is 0 Å². The Morgan fingerprint density at radius 1 is 0.810 bits per heavy atom. The molecule has 5 heteroatoms. The first-order valence-corrected chi connectivity index (χ1v) is 10.3. The minimum atomic E-state index is -3.59. The van der Waals surface area contributed by atoms with Gasteiger partial charge in [0.2, 0.25) is 0 Å². The number of hydrogen-bond donors (Lipinski definition) is 1. The van der Waals surface area contributed by atoms with Crippen molar-refractivity contribution in [1.82, 2.24) is 4.67 Å². The lowest BCUT2D eigenvalue weighted by molar-refractivity contribution is 0.195. The maximum atomic E-state index is 12.3. The Hall–Kier alpha value is 0.110. The van der Waals surface area contributed by atoms with Gasteiger partial charge in [-0.3, -0.25) is 4.52 Å². The monoisotopic (exact) mass is 321 g/mol. The summed E-state index contributed by atoms with van der Waals surface area (Å²) in [6.07, 6.45) is 10.9. The third-order valence-electron chi connectivity index (χ3n) is 3.65. The Morgan fingerprint density at radius 3 is 1.81 bits per heavy atom. The summed E-state index contributed by atoms with van der Waals surface area (Å²) in [6.45, 7) is 8.09. The molecule has 21 heavy (non-hydrogen) atoms. The molecule has 0 heterocycles. The van der Waals surface area contributed by atoms with Crippen LogP contribution < -0.4 is 0 Å². The molecule has 0 aliphatic heterocycles. The fourth-order valence-electron chi connectivity index (χ4n) is 2.19. The lowest BCUT2D eigenvalue weighted by Crippen LogP contribution is -2.24. The molecule has 1 unspecified atom stereocenters. The van der Waals surface area contributed by atoms with Gasteiger partial charge in [0.15, 0.2) is 0 Å². The Bertz CT molecular complexity index is 266. The van der Waals surface area contributed by atoms with Crippen LogP contribution in [0.25, 0.3) is 0 Å². The molecule has 0 saturated heterocycles. The zero-order valence-corrected chi connectivity index (χ0v) is 15.2. The van der Waals surface area contributed by atoms with Crippen LogP contribution in [-0.2, 0) is 9.09 Å². The van der Waals surface area contributed by atoms with E-state index in [9.17, 15) is 9.46 Å². The summed E-state index contributed by atoms with van der Waals surface area (Å²) in [6, 6.07) is 0. The topological polar surface area (TPSA) is 49.8 Å². The standard InChI is InChI=1S/C16H36NO3P/c1-4-7-10-11-12-13-16-20-21(18,19)17(14-8-5-2)15-9-6-3/h4-16H2,1-3H3,(H,18,19). The minimum absolute atomic E-state index is 0.397. The van der Waals surface area contributed by atoms with E-state index in [4.69, 9.17) is 4.52 Å². The Labute approximate surface area is 131 Å². The largest absolute Gasteiger partial charge is 0.405 e. The lowest BCUT2D eigenvalue weighted by atomic mass is 10.1. The first kappa shape index (κ1) is 21.1. The fraction of sp³-hybridized carbons (Fsp3) is 1.00. The van der Waals surface area contributed by atoms with E-state index in [2.05, 4.69) is 20.8 Å². The quantitative estimate of drug-likeness (QED) is 0.325.